The molecule has 0 aliphatic heterocycles. The van der Waals surface area contributed by atoms with Crippen molar-refractivity contribution in [3.63, 3.8) is 0 Å². The maximum absolute atomic E-state index is 5.40. The zero-order valence-electron chi connectivity index (χ0n) is 27.5. The van der Waals surface area contributed by atoms with Crippen molar-refractivity contribution in [3.8, 4) is 28.6 Å². The van der Waals surface area contributed by atoms with E-state index >= 15 is 0 Å². The van der Waals surface area contributed by atoms with Gasteiger partial charge < -0.3 is 9.13 Å². The van der Waals surface area contributed by atoms with Crippen molar-refractivity contribution in [2.24, 2.45) is 0 Å². The molecule has 7 aromatic carbocycles. The van der Waals surface area contributed by atoms with Gasteiger partial charge in [0, 0.05) is 55.5 Å². The van der Waals surface area contributed by atoms with Crippen molar-refractivity contribution in [3.05, 3.63) is 176 Å². The monoisotopic (exact) mass is 651 g/mol. The van der Waals surface area contributed by atoms with Gasteiger partial charge >= 0.3 is 0 Å². The van der Waals surface area contributed by atoms with E-state index in [1.165, 1.54) is 32.4 Å². The van der Waals surface area contributed by atoms with E-state index in [1.807, 2.05) is 6.07 Å². The van der Waals surface area contributed by atoms with E-state index in [0.717, 1.165) is 55.6 Å². The second-order valence-electron chi connectivity index (χ2n) is 13.1. The third-order valence-corrected chi connectivity index (χ3v) is 10.3. The molecule has 0 saturated heterocycles. The predicted octanol–water partition coefficient (Wildman–Crippen LogP) is 11.4. The highest BCUT2D eigenvalue weighted by Crippen LogP contribution is 2.41. The molecule has 51 heavy (non-hydrogen) atoms. The number of hydrogen-bond donors (Lipinski definition) is 0. The van der Waals surface area contributed by atoms with Crippen molar-refractivity contribution in [1.82, 2.24) is 23.7 Å². The molecule has 238 valence electrons. The van der Waals surface area contributed by atoms with E-state index in [4.69, 9.17) is 9.97 Å². The molecule has 0 bridgehead atoms. The van der Waals surface area contributed by atoms with Crippen molar-refractivity contribution < 1.29 is 0 Å². The first-order chi connectivity index (χ1) is 25.3. The minimum Gasteiger partial charge on any atom is -0.316 e. The average Bonchev–Trinajstić information content (AvgIpc) is 3.86. The van der Waals surface area contributed by atoms with Gasteiger partial charge in [-0.2, -0.15) is 0 Å². The molecule has 5 heteroatoms. The van der Waals surface area contributed by atoms with E-state index < -0.39 is 0 Å². The van der Waals surface area contributed by atoms with E-state index in [1.54, 1.807) is 0 Å². The van der Waals surface area contributed by atoms with Gasteiger partial charge in [-0.1, -0.05) is 103 Å². The first kappa shape index (κ1) is 27.9. The second kappa shape index (κ2) is 10.8. The molecule has 11 rings (SSSR count). The van der Waals surface area contributed by atoms with Gasteiger partial charge in [-0.25, -0.2) is 9.97 Å². The van der Waals surface area contributed by atoms with Gasteiger partial charge in [0.05, 0.1) is 38.8 Å². The Kier molecular flexibility index (Phi) is 5.89. The molecule has 0 spiro atoms. The van der Waals surface area contributed by atoms with E-state index in [-0.39, 0.29) is 0 Å². The highest BCUT2D eigenvalue weighted by Gasteiger charge is 2.22. The first-order valence-corrected chi connectivity index (χ1v) is 17.3. The summed E-state index contributed by atoms with van der Waals surface area (Å²) in [5.41, 5.74) is 10.7. The highest BCUT2D eigenvalue weighted by atomic mass is 15.2. The maximum Gasteiger partial charge on any atom is 0.235 e. The summed E-state index contributed by atoms with van der Waals surface area (Å²) in [5, 5.41) is 6.98. The molecular formula is C46H29N5. The zero-order valence-corrected chi connectivity index (χ0v) is 27.5. The van der Waals surface area contributed by atoms with Crippen LogP contribution in [-0.2, 0) is 0 Å². The summed E-state index contributed by atoms with van der Waals surface area (Å²) in [6.07, 6.45) is 2.16. The SMILES string of the molecule is c1ccc(-c2nc(-n3c4cc5c(ccn5-c5ccccc5)cc4c4cc5c6ccccc6n(-c6ccccc6)c5cc43)nc3ccccc23)cc1. The molecule has 0 aliphatic carbocycles. The normalized spacial score (nSPS) is 11.9. The fourth-order valence-corrected chi connectivity index (χ4v) is 7.97. The van der Waals surface area contributed by atoms with Gasteiger partial charge in [-0.05, 0) is 66.7 Å². The Morgan fingerprint density at radius 3 is 1.75 bits per heavy atom. The molecule has 0 aliphatic rings. The Morgan fingerprint density at radius 1 is 0.373 bits per heavy atom. The molecule has 0 unspecified atom stereocenters. The lowest BCUT2D eigenvalue weighted by atomic mass is 10.1. The highest BCUT2D eigenvalue weighted by molar-refractivity contribution is 6.20. The van der Waals surface area contributed by atoms with Crippen LogP contribution in [0.4, 0.5) is 0 Å². The lowest BCUT2D eigenvalue weighted by molar-refractivity contribution is 1.01. The van der Waals surface area contributed by atoms with Crippen molar-refractivity contribution in [1.29, 1.82) is 0 Å². The molecule has 0 fully saturated rings. The Morgan fingerprint density at radius 2 is 0.961 bits per heavy atom. The zero-order chi connectivity index (χ0) is 33.5. The van der Waals surface area contributed by atoms with Gasteiger partial charge in [-0.15, -0.1) is 0 Å². The molecule has 11 aromatic rings. The first-order valence-electron chi connectivity index (χ1n) is 17.3. The maximum atomic E-state index is 5.40. The summed E-state index contributed by atoms with van der Waals surface area (Å²) >= 11 is 0. The van der Waals surface area contributed by atoms with Gasteiger partial charge in [0.15, 0.2) is 0 Å². The van der Waals surface area contributed by atoms with Gasteiger partial charge in [-0.3, -0.25) is 4.57 Å². The Balaban J connectivity index is 1.31. The van der Waals surface area contributed by atoms with Gasteiger partial charge in [0.2, 0.25) is 5.95 Å². The van der Waals surface area contributed by atoms with Gasteiger partial charge in [0.25, 0.3) is 0 Å². The summed E-state index contributed by atoms with van der Waals surface area (Å²) in [6.45, 7) is 0. The Hall–Kier alpha value is -6.98. The van der Waals surface area contributed by atoms with Crippen LogP contribution in [-0.4, -0.2) is 23.7 Å². The lowest BCUT2D eigenvalue weighted by Gasteiger charge is -2.12. The molecule has 4 heterocycles. The van der Waals surface area contributed by atoms with Crippen molar-refractivity contribution in [2.75, 3.05) is 0 Å². The molecule has 5 nitrogen and oxygen atoms in total. The minimum atomic E-state index is 0.645. The molecule has 4 aromatic heterocycles. The molecule has 0 saturated carbocycles. The third-order valence-electron chi connectivity index (χ3n) is 10.3. The topological polar surface area (TPSA) is 40.6 Å². The average molecular weight is 652 g/mol. The quantitative estimate of drug-likeness (QED) is 0.190. The summed E-state index contributed by atoms with van der Waals surface area (Å²) < 4.78 is 6.92. The summed E-state index contributed by atoms with van der Waals surface area (Å²) in [7, 11) is 0. The number of hydrogen-bond acceptors (Lipinski definition) is 2. The number of aromatic nitrogens is 5. The van der Waals surface area contributed by atoms with Crippen LogP contribution in [0.2, 0.25) is 0 Å². The predicted molar refractivity (Wildman–Crippen MR) is 210 cm³/mol. The molecular weight excluding hydrogens is 623 g/mol. The number of nitrogens with zero attached hydrogens (tertiary/aromatic N) is 5. The molecule has 0 amide bonds. The smallest absolute Gasteiger partial charge is 0.235 e. The van der Waals surface area contributed by atoms with Crippen molar-refractivity contribution in [2.45, 2.75) is 0 Å². The van der Waals surface area contributed by atoms with Crippen LogP contribution >= 0.6 is 0 Å². The van der Waals surface area contributed by atoms with E-state index in [9.17, 15) is 0 Å². The van der Waals surface area contributed by atoms with Crippen LogP contribution in [0.15, 0.2) is 176 Å². The number of rotatable bonds is 4. The molecule has 0 radical (unpaired) electrons. The fraction of sp³-hybridized carbons (Fsp3) is 0. The number of benzene rings is 7. The van der Waals surface area contributed by atoms with Crippen LogP contribution < -0.4 is 0 Å². The largest absolute Gasteiger partial charge is 0.316 e. The Labute approximate surface area is 292 Å². The lowest BCUT2D eigenvalue weighted by Crippen LogP contribution is -2.04. The van der Waals surface area contributed by atoms with Crippen LogP contribution in [0, 0.1) is 0 Å². The van der Waals surface area contributed by atoms with Gasteiger partial charge in [0.1, 0.15) is 0 Å². The second-order valence-corrected chi connectivity index (χ2v) is 13.1. The number of para-hydroxylation sites is 4. The molecule has 0 N–H and O–H groups in total. The number of fused-ring (bicyclic) bond motifs is 8. The van der Waals surface area contributed by atoms with Crippen LogP contribution in [0.1, 0.15) is 0 Å². The Bertz CT molecular complexity index is 3120. The van der Waals surface area contributed by atoms with Crippen LogP contribution in [0.5, 0.6) is 0 Å². The van der Waals surface area contributed by atoms with Crippen molar-refractivity contribution >= 4 is 65.4 Å². The minimum absolute atomic E-state index is 0.645. The fourth-order valence-electron chi connectivity index (χ4n) is 7.97. The van der Waals surface area contributed by atoms with Crippen LogP contribution in [0.3, 0.4) is 0 Å². The third kappa shape index (κ3) is 4.15. The van der Waals surface area contributed by atoms with E-state index in [0.29, 0.717) is 5.95 Å². The summed E-state index contributed by atoms with van der Waals surface area (Å²) in [6, 6.07) is 60.2. The van der Waals surface area contributed by atoms with E-state index in [2.05, 4.69) is 184 Å². The summed E-state index contributed by atoms with van der Waals surface area (Å²) in [5.74, 6) is 0.645. The van der Waals surface area contributed by atoms with Crippen LogP contribution in [0.25, 0.3) is 94.0 Å². The standard InChI is InChI=1S/C46H29N5/c1-4-14-30(15-5-1)45-35-21-10-12-22-39(35)47-46(48-45)51-43-28-41-31(24-25-49(41)32-16-6-2-7-17-32)26-36(43)38-27-37-34-20-11-13-23-40(34)50(42(37)29-44(38)51)33-18-8-3-9-19-33/h1-29H. The summed E-state index contributed by atoms with van der Waals surface area (Å²) in [4.78, 5) is 10.7. The molecule has 0 atom stereocenters.